The summed E-state index contributed by atoms with van der Waals surface area (Å²) in [7, 11) is -0.566. The van der Waals surface area contributed by atoms with Gasteiger partial charge in [0.15, 0.2) is 0 Å². The minimum absolute atomic E-state index is 0.439. The summed E-state index contributed by atoms with van der Waals surface area (Å²) in [4.78, 5) is 9.51. The average Bonchev–Trinajstić information content (AvgIpc) is 2.27. The van der Waals surface area contributed by atoms with Gasteiger partial charge in [0.2, 0.25) is 0 Å². The maximum atomic E-state index is 9.51. The van der Waals surface area contributed by atoms with E-state index in [1.54, 1.807) is 0 Å². The molecule has 0 saturated carbocycles. The highest BCUT2D eigenvalue weighted by atomic mass is 28.4. The van der Waals surface area contributed by atoms with Gasteiger partial charge < -0.3 is 29.1 Å². The van der Waals surface area contributed by atoms with Gasteiger partial charge in [-0.05, 0) is 19.4 Å². The van der Waals surface area contributed by atoms with Crippen LogP contribution in [0.3, 0.4) is 0 Å². The molecule has 0 unspecified atom stereocenters. The van der Waals surface area contributed by atoms with Crippen LogP contribution < -0.4 is 11.1 Å². The maximum Gasteiger partial charge on any atom is 0.676 e. The van der Waals surface area contributed by atoms with Crippen LogP contribution >= 0.6 is 0 Å². The predicted molar refractivity (Wildman–Crippen MR) is 59.1 cm³/mol. The zero-order valence-corrected chi connectivity index (χ0v) is 10.5. The fourth-order valence-corrected chi connectivity index (χ4v) is 1.79. The van der Waals surface area contributed by atoms with E-state index in [1.807, 2.05) is 0 Å². The van der Waals surface area contributed by atoms with E-state index in [2.05, 4.69) is 5.32 Å². The fraction of sp³-hybridized carbons (Fsp3) is 1.00. The summed E-state index contributed by atoms with van der Waals surface area (Å²) in [5.74, 6) is 0. The van der Waals surface area contributed by atoms with Gasteiger partial charge in [-0.25, -0.2) is 0 Å². The first-order chi connectivity index (χ1) is 7.18. The lowest BCUT2D eigenvalue weighted by atomic mass is 10.3. The molecule has 0 bridgehead atoms. The number of hydrogen-bond donors (Lipinski definition) is 3. The summed E-state index contributed by atoms with van der Waals surface area (Å²) in [6.45, 7) is 2.82. The van der Waals surface area contributed by atoms with Crippen LogP contribution in [0.4, 0.5) is 0 Å². The van der Waals surface area contributed by atoms with E-state index >= 15 is 0 Å². The average molecular weight is 238 g/mol. The molecule has 0 rings (SSSR count). The Hall–Kier alpha value is -0.0231. The third-order valence-electron chi connectivity index (χ3n) is 1.87. The van der Waals surface area contributed by atoms with Crippen molar-refractivity contribution >= 4 is 9.05 Å². The Balaban J connectivity index is 3.29. The number of nitrogens with two attached hydrogens (primary N) is 1. The van der Waals surface area contributed by atoms with Gasteiger partial charge in [0.1, 0.15) is 0 Å². The van der Waals surface area contributed by atoms with Crippen molar-refractivity contribution < 1.29 is 18.1 Å². The van der Waals surface area contributed by atoms with Gasteiger partial charge in [0, 0.05) is 33.9 Å². The molecule has 0 aromatic carbocycles. The lowest BCUT2D eigenvalue weighted by Crippen LogP contribution is -2.44. The van der Waals surface area contributed by atoms with E-state index in [0.717, 1.165) is 25.9 Å². The van der Waals surface area contributed by atoms with E-state index in [-0.39, 0.29) is 0 Å². The molecular formula is C8H22N2O4Si. The standard InChI is InChI=1S/C8H22N2O4Si/c1-12-15(11,13-2)14-8-4-3-6-10-7-5-9/h10-11H,3-9H2,1-2H3. The Morgan fingerprint density at radius 1 is 1.20 bits per heavy atom. The van der Waals surface area contributed by atoms with Crippen molar-refractivity contribution in [3.63, 3.8) is 0 Å². The molecular weight excluding hydrogens is 216 g/mol. The first-order valence-corrected chi connectivity index (χ1v) is 6.73. The van der Waals surface area contributed by atoms with Crippen LogP contribution in [0.15, 0.2) is 0 Å². The SMILES string of the molecule is CO[Si](O)(OC)OCCCCNCCN. The molecule has 0 radical (unpaired) electrons. The molecule has 0 atom stereocenters. The molecule has 7 heteroatoms. The lowest BCUT2D eigenvalue weighted by molar-refractivity contribution is 0.0223. The number of hydrogen-bond acceptors (Lipinski definition) is 6. The van der Waals surface area contributed by atoms with Gasteiger partial charge in [-0.2, -0.15) is 0 Å². The summed E-state index contributed by atoms with van der Waals surface area (Å²) in [5, 5.41) is 3.17. The van der Waals surface area contributed by atoms with Crippen LogP contribution in [0.1, 0.15) is 12.8 Å². The lowest BCUT2D eigenvalue weighted by Gasteiger charge is -2.18. The molecule has 0 aromatic rings. The van der Waals surface area contributed by atoms with Crippen molar-refractivity contribution in [2.45, 2.75) is 12.8 Å². The third-order valence-corrected chi connectivity index (χ3v) is 3.47. The van der Waals surface area contributed by atoms with Crippen molar-refractivity contribution in [3.05, 3.63) is 0 Å². The van der Waals surface area contributed by atoms with Crippen LogP contribution in [0.2, 0.25) is 0 Å². The van der Waals surface area contributed by atoms with E-state index in [1.165, 1.54) is 14.2 Å². The number of unbranched alkanes of at least 4 members (excludes halogenated alkanes) is 1. The Morgan fingerprint density at radius 2 is 1.87 bits per heavy atom. The molecule has 0 aliphatic rings. The molecule has 4 N–H and O–H groups in total. The van der Waals surface area contributed by atoms with Crippen LogP contribution in [0.5, 0.6) is 0 Å². The van der Waals surface area contributed by atoms with Crippen molar-refractivity contribution in [2.75, 3.05) is 40.5 Å². The second-order valence-electron chi connectivity index (χ2n) is 3.03. The van der Waals surface area contributed by atoms with Gasteiger partial charge in [-0.15, -0.1) is 0 Å². The molecule has 0 aliphatic carbocycles. The Labute approximate surface area is 92.2 Å². The quantitative estimate of drug-likeness (QED) is 0.336. The Kier molecular flexibility index (Phi) is 9.21. The van der Waals surface area contributed by atoms with Crippen LogP contribution in [-0.2, 0) is 13.3 Å². The summed E-state index contributed by atoms with van der Waals surface area (Å²) in [6, 6.07) is 0. The van der Waals surface area contributed by atoms with Crippen molar-refractivity contribution in [1.29, 1.82) is 0 Å². The first-order valence-electron chi connectivity index (χ1n) is 5.06. The van der Waals surface area contributed by atoms with Crippen LogP contribution in [-0.4, -0.2) is 54.3 Å². The smallest absolute Gasteiger partial charge is 0.367 e. The van der Waals surface area contributed by atoms with Crippen LogP contribution in [0, 0.1) is 0 Å². The van der Waals surface area contributed by atoms with Crippen molar-refractivity contribution in [2.24, 2.45) is 5.73 Å². The summed E-state index contributed by atoms with van der Waals surface area (Å²) < 4.78 is 14.6. The zero-order valence-electron chi connectivity index (χ0n) is 9.49. The molecule has 0 saturated heterocycles. The number of rotatable bonds is 10. The minimum atomic E-state index is -3.31. The summed E-state index contributed by atoms with van der Waals surface area (Å²) >= 11 is 0. The normalized spacial score (nSPS) is 12.0. The zero-order chi connectivity index (χ0) is 11.6. The maximum absolute atomic E-state index is 9.51. The third kappa shape index (κ3) is 7.85. The fourth-order valence-electron chi connectivity index (χ4n) is 0.981. The molecule has 0 spiro atoms. The predicted octanol–water partition coefficient (Wildman–Crippen LogP) is -0.948. The van der Waals surface area contributed by atoms with Gasteiger partial charge in [-0.1, -0.05) is 0 Å². The summed E-state index contributed by atoms with van der Waals surface area (Å²) in [6.07, 6.45) is 1.82. The van der Waals surface area contributed by atoms with E-state index in [9.17, 15) is 4.80 Å². The topological polar surface area (TPSA) is 86.0 Å². The second kappa shape index (κ2) is 9.22. The van der Waals surface area contributed by atoms with Gasteiger partial charge in [-0.3, -0.25) is 0 Å². The number of nitrogens with one attached hydrogen (secondary N) is 1. The van der Waals surface area contributed by atoms with Gasteiger partial charge >= 0.3 is 9.05 Å². The highest BCUT2D eigenvalue weighted by molar-refractivity contribution is 6.51. The molecule has 0 amide bonds. The van der Waals surface area contributed by atoms with E-state index in [0.29, 0.717) is 13.2 Å². The van der Waals surface area contributed by atoms with Crippen LogP contribution in [0.25, 0.3) is 0 Å². The molecule has 6 nitrogen and oxygen atoms in total. The molecule has 15 heavy (non-hydrogen) atoms. The Morgan fingerprint density at radius 3 is 2.40 bits per heavy atom. The molecule has 0 heterocycles. The van der Waals surface area contributed by atoms with Crippen molar-refractivity contribution in [3.8, 4) is 0 Å². The van der Waals surface area contributed by atoms with E-state index < -0.39 is 9.05 Å². The van der Waals surface area contributed by atoms with E-state index in [4.69, 9.17) is 19.0 Å². The molecule has 0 aromatic heterocycles. The second-order valence-corrected chi connectivity index (χ2v) is 5.18. The van der Waals surface area contributed by atoms with Gasteiger partial charge in [0.05, 0.1) is 0 Å². The monoisotopic (exact) mass is 238 g/mol. The highest BCUT2D eigenvalue weighted by Crippen LogP contribution is 2.03. The summed E-state index contributed by atoms with van der Waals surface area (Å²) in [5.41, 5.74) is 5.31. The molecule has 92 valence electrons. The Bertz CT molecular complexity index is 147. The molecule has 0 aliphatic heterocycles. The first kappa shape index (κ1) is 15.0. The molecule has 0 fully saturated rings. The van der Waals surface area contributed by atoms with Gasteiger partial charge in [0.25, 0.3) is 0 Å². The van der Waals surface area contributed by atoms with Crippen molar-refractivity contribution in [1.82, 2.24) is 5.32 Å². The minimum Gasteiger partial charge on any atom is -0.367 e. The largest absolute Gasteiger partial charge is 0.676 e. The highest BCUT2D eigenvalue weighted by Gasteiger charge is 2.38.